The van der Waals surface area contributed by atoms with E-state index in [9.17, 15) is 9.59 Å². The van der Waals surface area contributed by atoms with Crippen LogP contribution in [0.1, 0.15) is 62.1 Å². The zero-order valence-corrected chi connectivity index (χ0v) is 17.8. The van der Waals surface area contributed by atoms with Gasteiger partial charge < -0.3 is 10.1 Å². The molecule has 1 amide bonds. The van der Waals surface area contributed by atoms with Gasteiger partial charge in [0.25, 0.3) is 11.7 Å². The highest BCUT2D eigenvalue weighted by atomic mass is 16.5. The highest BCUT2D eigenvalue weighted by Gasteiger charge is 2.24. The lowest BCUT2D eigenvalue weighted by Gasteiger charge is -2.12. The molecule has 0 unspecified atom stereocenters. The Bertz CT molecular complexity index is 927. The second kappa shape index (κ2) is 9.72. The van der Waals surface area contributed by atoms with E-state index in [4.69, 9.17) is 4.74 Å². The monoisotopic (exact) mass is 398 g/mol. The SMILES string of the molecule is CCOC(=O)c1ccc2c(c1)n(CC(=O)NCCC1=CCCCC1)c(C)[n+]2CC. The molecule has 3 rings (SSSR count). The van der Waals surface area contributed by atoms with Crippen LogP contribution >= 0.6 is 0 Å². The summed E-state index contributed by atoms with van der Waals surface area (Å²) in [5.74, 6) is 0.646. The average Bonchev–Trinajstić information content (AvgIpc) is 2.99. The summed E-state index contributed by atoms with van der Waals surface area (Å²) in [6.45, 7) is 7.92. The molecule has 0 aliphatic heterocycles. The number of hydrogen-bond acceptors (Lipinski definition) is 3. The average molecular weight is 399 g/mol. The molecular formula is C23H32N3O3+. The Kier molecular flexibility index (Phi) is 7.07. The fourth-order valence-corrected chi connectivity index (χ4v) is 4.10. The van der Waals surface area contributed by atoms with Gasteiger partial charge in [-0.15, -0.1) is 0 Å². The van der Waals surface area contributed by atoms with Gasteiger partial charge in [-0.05, 0) is 58.1 Å². The standard InChI is InChI=1S/C23H31N3O3/c1-4-25-17(3)26(16-22(27)24-14-13-18-9-7-6-8-10-18)21-15-19(11-12-20(21)25)23(28)29-5-2/h9,11-12,15H,4-8,10,13-14,16H2,1-3H3/p+1. The van der Waals surface area contributed by atoms with Crippen LogP contribution in [0.4, 0.5) is 0 Å². The van der Waals surface area contributed by atoms with Crippen LogP contribution in [-0.4, -0.2) is 29.6 Å². The largest absolute Gasteiger partial charge is 0.462 e. The Balaban J connectivity index is 1.76. The number of benzene rings is 1. The van der Waals surface area contributed by atoms with Crippen molar-refractivity contribution in [3.63, 3.8) is 0 Å². The fourth-order valence-electron chi connectivity index (χ4n) is 4.10. The van der Waals surface area contributed by atoms with E-state index in [0.29, 0.717) is 18.7 Å². The van der Waals surface area contributed by atoms with Crippen molar-refractivity contribution in [1.82, 2.24) is 9.88 Å². The maximum absolute atomic E-state index is 12.6. The Labute approximate surface area is 172 Å². The van der Waals surface area contributed by atoms with E-state index in [1.165, 1.54) is 18.4 Å². The van der Waals surface area contributed by atoms with E-state index in [0.717, 1.165) is 42.7 Å². The van der Waals surface area contributed by atoms with Gasteiger partial charge in [0.2, 0.25) is 0 Å². The minimum Gasteiger partial charge on any atom is -0.462 e. The lowest BCUT2D eigenvalue weighted by atomic mass is 9.97. The van der Waals surface area contributed by atoms with Crippen molar-refractivity contribution in [3.8, 4) is 0 Å². The number of amides is 1. The van der Waals surface area contributed by atoms with Crippen LogP contribution in [0.5, 0.6) is 0 Å². The second-order valence-electron chi connectivity index (χ2n) is 7.51. The molecule has 1 aromatic heterocycles. The Morgan fingerprint density at radius 1 is 1.24 bits per heavy atom. The number of nitrogens with zero attached hydrogens (tertiary/aromatic N) is 2. The van der Waals surface area contributed by atoms with Crippen LogP contribution in [-0.2, 0) is 22.6 Å². The maximum Gasteiger partial charge on any atom is 0.338 e. The lowest BCUT2D eigenvalue weighted by molar-refractivity contribution is -0.674. The van der Waals surface area contributed by atoms with Gasteiger partial charge in [-0.2, -0.15) is 0 Å². The van der Waals surface area contributed by atoms with E-state index in [-0.39, 0.29) is 18.4 Å². The van der Waals surface area contributed by atoms with Crippen molar-refractivity contribution < 1.29 is 18.9 Å². The van der Waals surface area contributed by atoms with Gasteiger partial charge in [0.1, 0.15) is 0 Å². The number of esters is 1. The molecule has 1 heterocycles. The molecule has 0 spiro atoms. The number of hydrogen-bond donors (Lipinski definition) is 1. The smallest absolute Gasteiger partial charge is 0.338 e. The molecule has 0 saturated heterocycles. The number of fused-ring (bicyclic) bond motifs is 1. The van der Waals surface area contributed by atoms with Gasteiger partial charge in [0, 0.05) is 19.5 Å². The molecular weight excluding hydrogens is 366 g/mol. The predicted molar refractivity (Wildman–Crippen MR) is 113 cm³/mol. The Morgan fingerprint density at radius 2 is 2.07 bits per heavy atom. The number of allylic oxidation sites excluding steroid dienone is 1. The minimum absolute atomic E-state index is 0.00815. The third-order valence-corrected chi connectivity index (χ3v) is 5.62. The number of carbonyl (C=O) groups excluding carboxylic acids is 2. The van der Waals surface area contributed by atoms with E-state index in [1.54, 1.807) is 13.0 Å². The molecule has 1 aliphatic rings. The summed E-state index contributed by atoms with van der Waals surface area (Å²) in [6.07, 6.45) is 8.11. The molecule has 156 valence electrons. The second-order valence-corrected chi connectivity index (χ2v) is 7.51. The van der Waals surface area contributed by atoms with E-state index < -0.39 is 0 Å². The normalized spacial score (nSPS) is 14.0. The van der Waals surface area contributed by atoms with Crippen molar-refractivity contribution >= 4 is 22.9 Å². The molecule has 0 fully saturated rings. The van der Waals surface area contributed by atoms with Gasteiger partial charge in [0.05, 0.1) is 18.7 Å². The molecule has 0 saturated carbocycles. The molecule has 29 heavy (non-hydrogen) atoms. The molecule has 2 aromatic rings. The highest BCUT2D eigenvalue weighted by Crippen LogP contribution is 2.20. The van der Waals surface area contributed by atoms with E-state index in [2.05, 4.69) is 22.9 Å². The van der Waals surface area contributed by atoms with Crippen LogP contribution in [0.3, 0.4) is 0 Å². The van der Waals surface area contributed by atoms with Crippen molar-refractivity contribution in [2.45, 2.75) is 66.0 Å². The van der Waals surface area contributed by atoms with Gasteiger partial charge in [-0.1, -0.05) is 11.6 Å². The highest BCUT2D eigenvalue weighted by molar-refractivity contribution is 5.93. The molecule has 1 aromatic carbocycles. The number of rotatable bonds is 8. The molecule has 6 heteroatoms. The van der Waals surface area contributed by atoms with Gasteiger partial charge in [0.15, 0.2) is 17.6 Å². The zero-order chi connectivity index (χ0) is 20.8. The van der Waals surface area contributed by atoms with E-state index in [1.807, 2.05) is 23.6 Å². The zero-order valence-electron chi connectivity index (χ0n) is 17.8. The third-order valence-electron chi connectivity index (χ3n) is 5.62. The first-order chi connectivity index (χ1) is 14.0. The van der Waals surface area contributed by atoms with Gasteiger partial charge in [-0.3, -0.25) is 4.79 Å². The first-order valence-electron chi connectivity index (χ1n) is 10.7. The summed E-state index contributed by atoms with van der Waals surface area (Å²) in [5, 5.41) is 3.05. The summed E-state index contributed by atoms with van der Waals surface area (Å²) in [4.78, 5) is 24.8. The lowest BCUT2D eigenvalue weighted by Crippen LogP contribution is -2.36. The maximum atomic E-state index is 12.6. The minimum atomic E-state index is -0.340. The molecule has 1 N–H and O–H groups in total. The number of nitrogens with one attached hydrogen (secondary N) is 1. The Hall–Kier alpha value is -2.63. The predicted octanol–water partition coefficient (Wildman–Crippen LogP) is 3.44. The van der Waals surface area contributed by atoms with Crippen LogP contribution in [0.15, 0.2) is 29.8 Å². The molecule has 0 atom stereocenters. The van der Waals surface area contributed by atoms with Crippen molar-refractivity contribution in [3.05, 3.63) is 41.2 Å². The first-order valence-corrected chi connectivity index (χ1v) is 10.7. The number of aromatic nitrogens is 2. The van der Waals surface area contributed by atoms with Crippen LogP contribution in [0.2, 0.25) is 0 Å². The quantitative estimate of drug-likeness (QED) is 0.421. The summed E-state index contributed by atoms with van der Waals surface area (Å²) in [6, 6.07) is 5.54. The summed E-state index contributed by atoms with van der Waals surface area (Å²) in [7, 11) is 0. The number of carbonyl (C=O) groups is 2. The van der Waals surface area contributed by atoms with Gasteiger partial charge in [-0.25, -0.2) is 13.9 Å². The summed E-state index contributed by atoms with van der Waals surface area (Å²) in [5.41, 5.74) is 3.85. The fraction of sp³-hybridized carbons (Fsp3) is 0.522. The van der Waals surface area contributed by atoms with Crippen molar-refractivity contribution in [1.29, 1.82) is 0 Å². The molecule has 0 bridgehead atoms. The van der Waals surface area contributed by atoms with Crippen LogP contribution in [0.25, 0.3) is 11.0 Å². The summed E-state index contributed by atoms with van der Waals surface area (Å²) >= 11 is 0. The number of ether oxygens (including phenoxy) is 1. The molecule has 6 nitrogen and oxygen atoms in total. The first kappa shape index (κ1) is 21.1. The van der Waals surface area contributed by atoms with Crippen molar-refractivity contribution in [2.75, 3.05) is 13.2 Å². The van der Waals surface area contributed by atoms with Crippen LogP contribution < -0.4 is 9.88 Å². The molecule has 1 aliphatic carbocycles. The van der Waals surface area contributed by atoms with E-state index >= 15 is 0 Å². The Morgan fingerprint density at radius 3 is 2.76 bits per heavy atom. The van der Waals surface area contributed by atoms with Crippen molar-refractivity contribution in [2.24, 2.45) is 0 Å². The number of imidazole rings is 1. The summed E-state index contributed by atoms with van der Waals surface area (Å²) < 4.78 is 9.27. The topological polar surface area (TPSA) is 64.2 Å². The van der Waals surface area contributed by atoms with Gasteiger partial charge >= 0.3 is 5.97 Å². The molecule has 0 radical (unpaired) electrons. The number of aryl methyl sites for hydroxylation is 1. The van der Waals surface area contributed by atoms with Crippen LogP contribution in [0, 0.1) is 6.92 Å². The third kappa shape index (κ3) is 4.86.